The van der Waals surface area contributed by atoms with Crippen LogP contribution in [0.4, 0.5) is 17.5 Å². The standard InChI is InChI=1S/C7H4N6/c8-7-10-5-4-3(1-2-9-5)12-13-6(4)11-7/h1-2H,(H2,8,9,10,11). The highest BCUT2D eigenvalue weighted by Gasteiger charge is 2.15. The van der Waals surface area contributed by atoms with Gasteiger partial charge in [0.1, 0.15) is 5.69 Å². The number of anilines is 1. The number of azo groups is 1. The van der Waals surface area contributed by atoms with Crippen LogP contribution in [-0.4, -0.2) is 15.0 Å². The maximum Gasteiger partial charge on any atom is 0.224 e. The Morgan fingerprint density at radius 1 is 1.15 bits per heavy atom. The van der Waals surface area contributed by atoms with Crippen LogP contribution in [0.2, 0.25) is 0 Å². The summed E-state index contributed by atoms with van der Waals surface area (Å²) in [7, 11) is 0. The molecule has 0 bridgehead atoms. The zero-order valence-electron chi connectivity index (χ0n) is 6.47. The van der Waals surface area contributed by atoms with Crippen molar-refractivity contribution < 1.29 is 0 Å². The van der Waals surface area contributed by atoms with Crippen molar-refractivity contribution in [2.45, 2.75) is 0 Å². The summed E-state index contributed by atoms with van der Waals surface area (Å²) in [5.41, 5.74) is 6.76. The zero-order valence-corrected chi connectivity index (χ0v) is 6.47. The SMILES string of the molecule is Nc1nc2c3c(ccnc3n1)N=N2. The Morgan fingerprint density at radius 2 is 2.08 bits per heavy atom. The molecular weight excluding hydrogens is 168 g/mol. The van der Waals surface area contributed by atoms with Crippen molar-refractivity contribution in [3.05, 3.63) is 12.3 Å². The molecule has 3 rings (SSSR count). The predicted molar refractivity (Wildman–Crippen MR) is 45.9 cm³/mol. The molecule has 0 fully saturated rings. The minimum absolute atomic E-state index is 0.174. The number of aromatic nitrogens is 3. The number of pyridine rings is 1. The second kappa shape index (κ2) is 1.98. The summed E-state index contributed by atoms with van der Waals surface area (Å²) in [5, 5.41) is 8.55. The van der Waals surface area contributed by atoms with E-state index in [1.807, 2.05) is 0 Å². The van der Waals surface area contributed by atoms with Gasteiger partial charge in [-0.1, -0.05) is 0 Å². The first-order valence-corrected chi connectivity index (χ1v) is 3.68. The summed E-state index contributed by atoms with van der Waals surface area (Å²) < 4.78 is 0. The van der Waals surface area contributed by atoms with Gasteiger partial charge in [-0.2, -0.15) is 9.97 Å². The molecule has 6 nitrogen and oxygen atoms in total. The molecule has 2 N–H and O–H groups in total. The fourth-order valence-electron chi connectivity index (χ4n) is 1.30. The van der Waals surface area contributed by atoms with E-state index in [9.17, 15) is 0 Å². The molecule has 0 atom stereocenters. The second-order valence-corrected chi connectivity index (χ2v) is 2.63. The summed E-state index contributed by atoms with van der Waals surface area (Å²) in [6.45, 7) is 0. The number of rotatable bonds is 0. The van der Waals surface area contributed by atoms with Crippen LogP contribution in [0.15, 0.2) is 22.5 Å². The summed E-state index contributed by atoms with van der Waals surface area (Å²) in [4.78, 5) is 12.0. The van der Waals surface area contributed by atoms with Crippen molar-refractivity contribution in [2.24, 2.45) is 10.2 Å². The number of hydrogen-bond donors (Lipinski definition) is 1. The molecule has 0 aliphatic carbocycles. The van der Waals surface area contributed by atoms with Gasteiger partial charge in [0, 0.05) is 6.20 Å². The molecule has 0 saturated carbocycles. The fourth-order valence-corrected chi connectivity index (χ4v) is 1.30. The van der Waals surface area contributed by atoms with Crippen LogP contribution >= 0.6 is 0 Å². The van der Waals surface area contributed by atoms with E-state index in [-0.39, 0.29) is 5.95 Å². The molecule has 0 radical (unpaired) electrons. The first-order chi connectivity index (χ1) is 6.34. The summed E-state index contributed by atoms with van der Waals surface area (Å²) in [6.07, 6.45) is 1.62. The van der Waals surface area contributed by atoms with E-state index in [0.29, 0.717) is 11.5 Å². The van der Waals surface area contributed by atoms with Crippen LogP contribution in [0.1, 0.15) is 0 Å². The van der Waals surface area contributed by atoms with E-state index in [4.69, 9.17) is 5.73 Å². The van der Waals surface area contributed by atoms with E-state index in [2.05, 4.69) is 25.2 Å². The van der Waals surface area contributed by atoms with Crippen LogP contribution in [0, 0.1) is 0 Å². The molecule has 0 aromatic carbocycles. The maximum absolute atomic E-state index is 5.46. The van der Waals surface area contributed by atoms with Gasteiger partial charge in [0.25, 0.3) is 0 Å². The molecule has 13 heavy (non-hydrogen) atoms. The molecule has 1 aliphatic rings. The van der Waals surface area contributed by atoms with Gasteiger partial charge in [0.2, 0.25) is 5.95 Å². The Hall–Kier alpha value is -2.11. The van der Waals surface area contributed by atoms with Crippen LogP contribution in [0.25, 0.3) is 11.0 Å². The van der Waals surface area contributed by atoms with Crippen molar-refractivity contribution in [1.29, 1.82) is 0 Å². The van der Waals surface area contributed by atoms with Crippen molar-refractivity contribution >= 4 is 28.5 Å². The highest BCUT2D eigenvalue weighted by atomic mass is 15.2. The normalized spacial score (nSPS) is 12.6. The van der Waals surface area contributed by atoms with Gasteiger partial charge in [0.15, 0.2) is 11.5 Å². The van der Waals surface area contributed by atoms with Crippen LogP contribution < -0.4 is 5.73 Å². The van der Waals surface area contributed by atoms with Gasteiger partial charge in [-0.3, -0.25) is 0 Å². The van der Waals surface area contributed by atoms with Gasteiger partial charge in [-0.15, -0.1) is 10.2 Å². The lowest BCUT2D eigenvalue weighted by molar-refractivity contribution is 1.17. The van der Waals surface area contributed by atoms with Crippen molar-refractivity contribution in [2.75, 3.05) is 5.73 Å². The summed E-state index contributed by atoms with van der Waals surface area (Å²) in [5.74, 6) is 0.679. The van der Waals surface area contributed by atoms with Crippen LogP contribution in [0.3, 0.4) is 0 Å². The lowest BCUT2D eigenvalue weighted by Gasteiger charge is -1.96. The average molecular weight is 172 g/mol. The Morgan fingerprint density at radius 3 is 3.00 bits per heavy atom. The Labute approximate surface area is 72.6 Å². The number of nitrogens with zero attached hydrogens (tertiary/aromatic N) is 5. The molecule has 0 saturated heterocycles. The quantitative estimate of drug-likeness (QED) is 0.553. The molecule has 2 aromatic heterocycles. The molecule has 3 heterocycles. The Bertz CT molecular complexity index is 532. The first-order valence-electron chi connectivity index (χ1n) is 3.68. The molecule has 1 aliphatic heterocycles. The first kappa shape index (κ1) is 6.41. The van der Waals surface area contributed by atoms with Crippen molar-refractivity contribution in [1.82, 2.24) is 15.0 Å². The van der Waals surface area contributed by atoms with Gasteiger partial charge >= 0.3 is 0 Å². The molecule has 62 valence electrons. The molecule has 2 aromatic rings. The van der Waals surface area contributed by atoms with E-state index >= 15 is 0 Å². The maximum atomic E-state index is 5.46. The predicted octanol–water partition coefficient (Wildman–Crippen LogP) is 1.34. The summed E-state index contributed by atoms with van der Waals surface area (Å²) in [6, 6.07) is 1.77. The zero-order chi connectivity index (χ0) is 8.84. The number of hydrogen-bond acceptors (Lipinski definition) is 6. The van der Waals surface area contributed by atoms with Crippen LogP contribution in [0.5, 0.6) is 0 Å². The lowest BCUT2D eigenvalue weighted by Crippen LogP contribution is -1.95. The number of nitrogens with two attached hydrogens (primary N) is 1. The Kier molecular flexibility index (Phi) is 0.974. The largest absolute Gasteiger partial charge is 0.368 e. The third-order valence-corrected chi connectivity index (χ3v) is 1.83. The van der Waals surface area contributed by atoms with Crippen molar-refractivity contribution in [3.8, 4) is 0 Å². The molecule has 0 amide bonds. The van der Waals surface area contributed by atoms with Gasteiger partial charge in [-0.25, -0.2) is 4.98 Å². The van der Waals surface area contributed by atoms with E-state index < -0.39 is 0 Å². The van der Waals surface area contributed by atoms with E-state index in [1.165, 1.54) is 0 Å². The number of nitrogen functional groups attached to an aromatic ring is 1. The van der Waals surface area contributed by atoms with Gasteiger partial charge in [-0.05, 0) is 6.07 Å². The minimum Gasteiger partial charge on any atom is -0.368 e. The smallest absolute Gasteiger partial charge is 0.224 e. The Balaban J connectivity index is 2.59. The highest BCUT2D eigenvalue weighted by Crippen LogP contribution is 2.37. The van der Waals surface area contributed by atoms with Gasteiger partial charge in [0.05, 0.1) is 5.39 Å². The third kappa shape index (κ3) is 0.738. The van der Waals surface area contributed by atoms with E-state index in [1.54, 1.807) is 12.3 Å². The second-order valence-electron chi connectivity index (χ2n) is 2.63. The molecule has 6 heteroatoms. The fraction of sp³-hybridized carbons (Fsp3) is 0. The minimum atomic E-state index is 0.174. The topological polar surface area (TPSA) is 89.4 Å². The van der Waals surface area contributed by atoms with E-state index in [0.717, 1.165) is 11.1 Å². The monoisotopic (exact) mass is 172 g/mol. The van der Waals surface area contributed by atoms with Gasteiger partial charge < -0.3 is 5.73 Å². The third-order valence-electron chi connectivity index (χ3n) is 1.83. The highest BCUT2D eigenvalue weighted by molar-refractivity contribution is 5.97. The molecule has 0 unspecified atom stereocenters. The average Bonchev–Trinajstić information content (AvgIpc) is 2.50. The molecule has 0 spiro atoms. The summed E-state index contributed by atoms with van der Waals surface area (Å²) >= 11 is 0. The van der Waals surface area contributed by atoms with Crippen LogP contribution in [-0.2, 0) is 0 Å². The van der Waals surface area contributed by atoms with Crippen molar-refractivity contribution in [3.63, 3.8) is 0 Å². The lowest BCUT2D eigenvalue weighted by atomic mass is 10.3. The molecular formula is C7H4N6.